The zero-order valence-electron chi connectivity index (χ0n) is 16.0. The molecule has 2 heterocycles. The molecule has 29 heavy (non-hydrogen) atoms. The standard InChI is InChI=1S/C20H19N5O2S2/c1-3-27-15-10-6-4-8-13(15)18-23-24-20(25(18)2)28-12-17(26)22-19-21-14-9-5-7-11-16(14)29-19/h4-11H,3,12H2,1-2H3,(H,21,22,26). The molecule has 0 aliphatic heterocycles. The molecule has 4 rings (SSSR count). The first kappa shape index (κ1) is 19.4. The second kappa shape index (κ2) is 8.62. The number of hydrogen-bond acceptors (Lipinski definition) is 7. The fraction of sp³-hybridized carbons (Fsp3) is 0.200. The van der Waals surface area contributed by atoms with Gasteiger partial charge in [0.1, 0.15) is 5.75 Å². The number of nitrogens with one attached hydrogen (secondary N) is 1. The van der Waals surface area contributed by atoms with Crippen LogP contribution < -0.4 is 10.1 Å². The lowest BCUT2D eigenvalue weighted by Gasteiger charge is -2.09. The number of carbonyl (C=O) groups is 1. The van der Waals surface area contributed by atoms with E-state index in [0.717, 1.165) is 21.5 Å². The summed E-state index contributed by atoms with van der Waals surface area (Å²) in [4.78, 5) is 16.8. The van der Waals surface area contributed by atoms with E-state index in [1.165, 1.54) is 23.1 Å². The largest absolute Gasteiger partial charge is 0.493 e. The molecule has 9 heteroatoms. The average Bonchev–Trinajstić information content (AvgIpc) is 3.29. The number of thiazole rings is 1. The summed E-state index contributed by atoms with van der Waals surface area (Å²) in [7, 11) is 1.88. The van der Waals surface area contributed by atoms with Gasteiger partial charge in [-0.1, -0.05) is 47.4 Å². The normalized spacial score (nSPS) is 11.0. The van der Waals surface area contributed by atoms with Gasteiger partial charge in [-0.3, -0.25) is 4.79 Å². The van der Waals surface area contributed by atoms with E-state index in [2.05, 4.69) is 20.5 Å². The fourth-order valence-electron chi connectivity index (χ4n) is 2.82. The predicted molar refractivity (Wildman–Crippen MR) is 117 cm³/mol. The van der Waals surface area contributed by atoms with Crippen LogP contribution in [0, 0.1) is 0 Å². The number of carbonyl (C=O) groups excluding carboxylic acids is 1. The number of para-hydroxylation sites is 2. The van der Waals surface area contributed by atoms with Crippen LogP contribution in [-0.4, -0.2) is 38.0 Å². The zero-order valence-corrected chi connectivity index (χ0v) is 17.6. The van der Waals surface area contributed by atoms with Gasteiger partial charge >= 0.3 is 0 Å². The highest BCUT2D eigenvalue weighted by atomic mass is 32.2. The van der Waals surface area contributed by atoms with Gasteiger partial charge < -0.3 is 14.6 Å². The third-order valence-corrected chi connectivity index (χ3v) is 6.11. The van der Waals surface area contributed by atoms with Crippen LogP contribution >= 0.6 is 23.1 Å². The molecule has 148 valence electrons. The van der Waals surface area contributed by atoms with E-state index in [1.54, 1.807) is 0 Å². The first-order valence-electron chi connectivity index (χ1n) is 9.05. The van der Waals surface area contributed by atoms with E-state index in [0.29, 0.717) is 22.7 Å². The molecule has 0 bridgehead atoms. The number of thioether (sulfide) groups is 1. The second-order valence-corrected chi connectivity index (χ2v) is 8.09. The number of benzene rings is 2. The number of aromatic nitrogens is 4. The Hall–Kier alpha value is -2.91. The highest BCUT2D eigenvalue weighted by Crippen LogP contribution is 2.30. The number of amides is 1. The summed E-state index contributed by atoms with van der Waals surface area (Å²) in [6.45, 7) is 2.52. The van der Waals surface area contributed by atoms with Crippen molar-refractivity contribution in [3.63, 3.8) is 0 Å². The SMILES string of the molecule is CCOc1ccccc1-c1nnc(SCC(=O)Nc2nc3ccccc3s2)n1C. The number of fused-ring (bicyclic) bond motifs is 1. The molecule has 0 atom stereocenters. The summed E-state index contributed by atoms with van der Waals surface area (Å²) in [5.41, 5.74) is 1.75. The van der Waals surface area contributed by atoms with Crippen molar-refractivity contribution in [3.8, 4) is 17.1 Å². The summed E-state index contributed by atoms with van der Waals surface area (Å²) in [6, 6.07) is 15.5. The predicted octanol–water partition coefficient (Wildman–Crippen LogP) is 4.22. The van der Waals surface area contributed by atoms with Crippen molar-refractivity contribution in [3.05, 3.63) is 48.5 Å². The molecule has 0 spiro atoms. The fourth-order valence-corrected chi connectivity index (χ4v) is 4.41. The molecule has 0 saturated carbocycles. The van der Waals surface area contributed by atoms with Crippen LogP contribution in [0.25, 0.3) is 21.6 Å². The molecular weight excluding hydrogens is 406 g/mol. The molecule has 2 aromatic heterocycles. The van der Waals surface area contributed by atoms with Crippen LogP contribution in [0.2, 0.25) is 0 Å². The maximum Gasteiger partial charge on any atom is 0.236 e. The summed E-state index contributed by atoms with van der Waals surface area (Å²) in [5, 5.41) is 12.6. The summed E-state index contributed by atoms with van der Waals surface area (Å²) in [5.74, 6) is 1.54. The Balaban J connectivity index is 1.43. The quantitative estimate of drug-likeness (QED) is 0.447. The van der Waals surface area contributed by atoms with Crippen LogP contribution in [0.15, 0.2) is 53.7 Å². The van der Waals surface area contributed by atoms with Gasteiger partial charge in [0, 0.05) is 7.05 Å². The minimum absolute atomic E-state index is 0.131. The van der Waals surface area contributed by atoms with E-state index in [1.807, 2.05) is 67.1 Å². The van der Waals surface area contributed by atoms with Crippen molar-refractivity contribution in [1.29, 1.82) is 0 Å². The Labute approximate surface area is 176 Å². The zero-order chi connectivity index (χ0) is 20.2. The Morgan fingerprint density at radius 1 is 1.17 bits per heavy atom. The number of nitrogens with zero attached hydrogens (tertiary/aromatic N) is 4. The number of ether oxygens (including phenoxy) is 1. The lowest BCUT2D eigenvalue weighted by molar-refractivity contribution is -0.113. The van der Waals surface area contributed by atoms with Gasteiger partial charge in [-0.25, -0.2) is 4.98 Å². The van der Waals surface area contributed by atoms with E-state index in [-0.39, 0.29) is 11.7 Å². The van der Waals surface area contributed by atoms with Gasteiger partial charge in [0.2, 0.25) is 5.91 Å². The molecule has 0 aliphatic carbocycles. The monoisotopic (exact) mass is 425 g/mol. The Kier molecular flexibility index (Phi) is 5.77. The van der Waals surface area contributed by atoms with Crippen molar-refractivity contribution in [2.75, 3.05) is 17.7 Å². The molecule has 1 amide bonds. The van der Waals surface area contributed by atoms with Crippen LogP contribution in [0.5, 0.6) is 5.75 Å². The van der Waals surface area contributed by atoms with Gasteiger partial charge in [0.25, 0.3) is 0 Å². The van der Waals surface area contributed by atoms with Crippen molar-refractivity contribution in [1.82, 2.24) is 19.7 Å². The van der Waals surface area contributed by atoms with Crippen molar-refractivity contribution in [2.24, 2.45) is 7.05 Å². The van der Waals surface area contributed by atoms with Crippen molar-refractivity contribution < 1.29 is 9.53 Å². The average molecular weight is 426 g/mol. The van der Waals surface area contributed by atoms with Crippen molar-refractivity contribution in [2.45, 2.75) is 12.1 Å². The maximum atomic E-state index is 12.3. The third kappa shape index (κ3) is 4.25. The molecule has 0 radical (unpaired) electrons. The van der Waals surface area contributed by atoms with Gasteiger partial charge in [-0.15, -0.1) is 10.2 Å². The lowest BCUT2D eigenvalue weighted by atomic mass is 10.2. The third-order valence-electron chi connectivity index (χ3n) is 4.14. The molecular formula is C20H19N5O2S2. The van der Waals surface area contributed by atoms with Crippen molar-refractivity contribution >= 4 is 44.4 Å². The minimum Gasteiger partial charge on any atom is -0.493 e. The topological polar surface area (TPSA) is 81.9 Å². The summed E-state index contributed by atoms with van der Waals surface area (Å²) < 4.78 is 8.60. The molecule has 2 aromatic carbocycles. The summed E-state index contributed by atoms with van der Waals surface area (Å²) >= 11 is 2.79. The molecule has 0 unspecified atom stereocenters. The van der Waals surface area contributed by atoms with E-state index < -0.39 is 0 Å². The van der Waals surface area contributed by atoms with Gasteiger partial charge in [0.05, 0.1) is 28.1 Å². The van der Waals surface area contributed by atoms with E-state index in [9.17, 15) is 4.79 Å². The molecule has 0 aliphatic rings. The molecule has 0 fully saturated rings. The Bertz CT molecular complexity index is 1120. The van der Waals surface area contributed by atoms with Crippen LogP contribution in [0.3, 0.4) is 0 Å². The first-order chi connectivity index (χ1) is 14.2. The van der Waals surface area contributed by atoms with E-state index >= 15 is 0 Å². The van der Waals surface area contributed by atoms with Gasteiger partial charge in [-0.2, -0.15) is 0 Å². The minimum atomic E-state index is -0.131. The van der Waals surface area contributed by atoms with Crippen LogP contribution in [0.4, 0.5) is 5.13 Å². The van der Waals surface area contributed by atoms with Gasteiger partial charge in [0.15, 0.2) is 16.1 Å². The number of rotatable bonds is 7. The number of hydrogen-bond donors (Lipinski definition) is 1. The van der Waals surface area contributed by atoms with E-state index in [4.69, 9.17) is 4.74 Å². The van der Waals surface area contributed by atoms with Crippen LogP contribution in [-0.2, 0) is 11.8 Å². The highest BCUT2D eigenvalue weighted by molar-refractivity contribution is 7.99. The molecule has 1 N–H and O–H groups in total. The Morgan fingerprint density at radius 3 is 2.79 bits per heavy atom. The lowest BCUT2D eigenvalue weighted by Crippen LogP contribution is -2.14. The molecule has 7 nitrogen and oxygen atoms in total. The maximum absolute atomic E-state index is 12.3. The molecule has 4 aromatic rings. The number of anilines is 1. The first-order valence-corrected chi connectivity index (χ1v) is 10.9. The second-order valence-electron chi connectivity index (χ2n) is 6.12. The molecule has 0 saturated heterocycles. The van der Waals surface area contributed by atoms with Gasteiger partial charge in [-0.05, 0) is 31.2 Å². The Morgan fingerprint density at radius 2 is 1.97 bits per heavy atom. The summed E-state index contributed by atoms with van der Waals surface area (Å²) in [6.07, 6.45) is 0. The van der Waals surface area contributed by atoms with Crippen LogP contribution in [0.1, 0.15) is 6.92 Å². The highest BCUT2D eigenvalue weighted by Gasteiger charge is 2.16. The smallest absolute Gasteiger partial charge is 0.236 e.